The molecule has 7 nitrogen and oxygen atoms in total. The normalized spacial score (nSPS) is 15.3. The molecule has 4 rings (SSSR count). The Bertz CT molecular complexity index is 1110. The molecular weight excluding hydrogens is 414 g/mol. The summed E-state index contributed by atoms with van der Waals surface area (Å²) in [5.74, 6) is 1.22. The van der Waals surface area contributed by atoms with Crippen molar-refractivity contribution < 1.29 is 19.1 Å². The topological polar surface area (TPSA) is 80.8 Å². The van der Waals surface area contributed by atoms with Crippen LogP contribution in [0.5, 0.6) is 11.5 Å². The summed E-state index contributed by atoms with van der Waals surface area (Å²) in [5.41, 5.74) is 3.17. The van der Waals surface area contributed by atoms with E-state index in [0.717, 1.165) is 22.6 Å². The summed E-state index contributed by atoms with van der Waals surface area (Å²) in [7, 11) is 1.73. The number of likely N-dealkylation sites (N-methyl/N-ethyl adjacent to an activating group) is 1. The van der Waals surface area contributed by atoms with Crippen molar-refractivity contribution in [3.05, 3.63) is 53.4 Å². The van der Waals surface area contributed by atoms with Crippen LogP contribution in [0.4, 0.5) is 10.8 Å². The van der Waals surface area contributed by atoms with Gasteiger partial charge in [-0.25, -0.2) is 4.98 Å². The van der Waals surface area contributed by atoms with Gasteiger partial charge < -0.3 is 19.7 Å². The number of nitrogens with one attached hydrogen (secondary N) is 1. The van der Waals surface area contributed by atoms with E-state index in [-0.39, 0.29) is 18.2 Å². The summed E-state index contributed by atoms with van der Waals surface area (Å²) in [6.07, 6.45) is -0.248. The minimum Gasteiger partial charge on any atom is -0.494 e. The number of rotatable bonds is 6. The summed E-state index contributed by atoms with van der Waals surface area (Å²) in [4.78, 5) is 30.7. The Labute approximate surface area is 184 Å². The monoisotopic (exact) mass is 437 g/mol. The minimum absolute atomic E-state index is 0.0924. The molecule has 0 saturated carbocycles. The first-order valence-electron chi connectivity index (χ1n) is 10.0. The Kier molecular flexibility index (Phi) is 5.90. The quantitative estimate of drug-likeness (QED) is 0.627. The first-order valence-corrected chi connectivity index (χ1v) is 10.9. The molecule has 1 aromatic heterocycles. The van der Waals surface area contributed by atoms with Crippen molar-refractivity contribution in [2.45, 2.75) is 26.4 Å². The number of ether oxygens (including phenoxy) is 2. The van der Waals surface area contributed by atoms with Gasteiger partial charge in [0.15, 0.2) is 11.2 Å². The standard InChI is InChI=1S/C23H23N3O4S/c1-4-29-17-8-5-15(6-9-17)11-21(27)25-23-24-18(13-31-23)16-7-10-20-19(12-16)26(3)22(28)14(2)30-20/h5-10,12-14H,4,11H2,1-3H3,(H,24,25,27). The third-order valence-corrected chi connectivity index (χ3v) is 5.71. The maximum Gasteiger partial charge on any atom is 0.267 e. The first kappa shape index (κ1) is 20.9. The van der Waals surface area contributed by atoms with Crippen molar-refractivity contribution in [1.29, 1.82) is 0 Å². The second-order valence-electron chi connectivity index (χ2n) is 7.18. The molecule has 1 unspecified atom stereocenters. The maximum absolute atomic E-state index is 12.4. The van der Waals surface area contributed by atoms with E-state index < -0.39 is 6.10 Å². The number of nitrogens with zero attached hydrogens (tertiary/aromatic N) is 2. The number of amides is 2. The second-order valence-corrected chi connectivity index (χ2v) is 8.04. The predicted molar refractivity (Wildman–Crippen MR) is 121 cm³/mol. The molecular formula is C23H23N3O4S. The largest absolute Gasteiger partial charge is 0.494 e. The van der Waals surface area contributed by atoms with Crippen LogP contribution in [0.3, 0.4) is 0 Å². The third-order valence-electron chi connectivity index (χ3n) is 4.95. The number of aromatic nitrogens is 1. The molecule has 1 aliphatic rings. The third kappa shape index (κ3) is 4.54. The molecule has 2 aromatic carbocycles. The van der Waals surface area contributed by atoms with Crippen molar-refractivity contribution in [3.63, 3.8) is 0 Å². The van der Waals surface area contributed by atoms with Crippen LogP contribution in [0.25, 0.3) is 11.3 Å². The lowest BCUT2D eigenvalue weighted by Gasteiger charge is -2.30. The van der Waals surface area contributed by atoms with Crippen molar-refractivity contribution in [2.75, 3.05) is 23.9 Å². The molecule has 160 valence electrons. The van der Waals surface area contributed by atoms with Gasteiger partial charge in [-0.1, -0.05) is 12.1 Å². The van der Waals surface area contributed by atoms with E-state index in [2.05, 4.69) is 10.3 Å². The van der Waals surface area contributed by atoms with Crippen LogP contribution in [0.1, 0.15) is 19.4 Å². The van der Waals surface area contributed by atoms with Gasteiger partial charge >= 0.3 is 0 Å². The van der Waals surface area contributed by atoms with E-state index in [4.69, 9.17) is 9.47 Å². The highest BCUT2D eigenvalue weighted by Crippen LogP contribution is 2.37. The van der Waals surface area contributed by atoms with Gasteiger partial charge in [-0.2, -0.15) is 0 Å². The number of hydrogen-bond donors (Lipinski definition) is 1. The first-order chi connectivity index (χ1) is 14.9. The van der Waals surface area contributed by atoms with E-state index in [1.165, 1.54) is 11.3 Å². The number of fused-ring (bicyclic) bond motifs is 1. The molecule has 0 fully saturated rings. The average molecular weight is 438 g/mol. The van der Waals surface area contributed by atoms with Crippen molar-refractivity contribution in [3.8, 4) is 22.8 Å². The lowest BCUT2D eigenvalue weighted by atomic mass is 10.1. The number of benzene rings is 2. The van der Waals surface area contributed by atoms with Crippen LogP contribution in [0.15, 0.2) is 47.8 Å². The van der Waals surface area contributed by atoms with E-state index in [1.807, 2.05) is 54.8 Å². The van der Waals surface area contributed by atoms with Gasteiger partial charge in [0.1, 0.15) is 11.5 Å². The zero-order valence-corrected chi connectivity index (χ0v) is 18.4. The molecule has 0 bridgehead atoms. The van der Waals surface area contributed by atoms with Gasteiger partial charge in [-0.15, -0.1) is 11.3 Å². The fraction of sp³-hybridized carbons (Fsp3) is 0.261. The van der Waals surface area contributed by atoms with Crippen LogP contribution in [0.2, 0.25) is 0 Å². The van der Waals surface area contributed by atoms with Gasteiger partial charge in [0, 0.05) is 18.0 Å². The lowest BCUT2D eigenvalue weighted by Crippen LogP contribution is -2.41. The maximum atomic E-state index is 12.4. The van der Waals surface area contributed by atoms with E-state index >= 15 is 0 Å². The van der Waals surface area contributed by atoms with Gasteiger partial charge in [-0.3, -0.25) is 9.59 Å². The van der Waals surface area contributed by atoms with E-state index in [0.29, 0.717) is 23.2 Å². The molecule has 2 heterocycles. The molecule has 0 spiro atoms. The van der Waals surface area contributed by atoms with Crippen LogP contribution in [0, 0.1) is 0 Å². The number of hydrogen-bond acceptors (Lipinski definition) is 6. The van der Waals surface area contributed by atoms with Crippen LogP contribution < -0.4 is 19.7 Å². The Morgan fingerprint density at radius 2 is 2.03 bits per heavy atom. The van der Waals surface area contributed by atoms with Gasteiger partial charge in [0.25, 0.3) is 5.91 Å². The number of anilines is 2. The molecule has 2 amide bonds. The number of carbonyl (C=O) groups is 2. The summed E-state index contributed by atoms with van der Waals surface area (Å²) in [6, 6.07) is 13.1. The predicted octanol–water partition coefficient (Wildman–Crippen LogP) is 4.13. The summed E-state index contributed by atoms with van der Waals surface area (Å²) < 4.78 is 11.1. The lowest BCUT2D eigenvalue weighted by molar-refractivity contribution is -0.125. The molecule has 8 heteroatoms. The zero-order chi connectivity index (χ0) is 22.0. The fourth-order valence-corrected chi connectivity index (χ4v) is 4.09. The van der Waals surface area contributed by atoms with E-state index in [1.54, 1.807) is 18.9 Å². The van der Waals surface area contributed by atoms with Gasteiger partial charge in [-0.05, 0) is 49.7 Å². The highest BCUT2D eigenvalue weighted by molar-refractivity contribution is 7.14. The van der Waals surface area contributed by atoms with Crippen molar-refractivity contribution >= 4 is 34.0 Å². The van der Waals surface area contributed by atoms with E-state index in [9.17, 15) is 9.59 Å². The summed E-state index contributed by atoms with van der Waals surface area (Å²) in [5, 5.41) is 5.26. The fourth-order valence-electron chi connectivity index (χ4n) is 3.35. The zero-order valence-electron chi connectivity index (χ0n) is 17.5. The highest BCUT2D eigenvalue weighted by Gasteiger charge is 2.29. The molecule has 1 atom stereocenters. The molecule has 1 aliphatic heterocycles. The minimum atomic E-state index is -0.500. The average Bonchev–Trinajstić information content (AvgIpc) is 3.22. The Balaban J connectivity index is 1.44. The molecule has 3 aromatic rings. The smallest absolute Gasteiger partial charge is 0.267 e. The Morgan fingerprint density at radius 1 is 1.26 bits per heavy atom. The molecule has 1 N–H and O–H groups in total. The van der Waals surface area contributed by atoms with Crippen molar-refractivity contribution in [1.82, 2.24) is 4.98 Å². The summed E-state index contributed by atoms with van der Waals surface area (Å²) in [6.45, 7) is 4.27. The molecule has 31 heavy (non-hydrogen) atoms. The second kappa shape index (κ2) is 8.77. The van der Waals surface area contributed by atoms with Gasteiger partial charge in [0.2, 0.25) is 5.91 Å². The molecule has 0 aliphatic carbocycles. The molecule has 0 saturated heterocycles. The number of thiazole rings is 1. The van der Waals surface area contributed by atoms with Crippen LogP contribution in [-0.4, -0.2) is 36.6 Å². The van der Waals surface area contributed by atoms with Gasteiger partial charge in [0.05, 0.1) is 24.4 Å². The Morgan fingerprint density at radius 3 is 2.77 bits per heavy atom. The summed E-state index contributed by atoms with van der Waals surface area (Å²) >= 11 is 1.36. The number of carbonyl (C=O) groups excluding carboxylic acids is 2. The highest BCUT2D eigenvalue weighted by atomic mass is 32.1. The van der Waals surface area contributed by atoms with Crippen LogP contribution in [-0.2, 0) is 16.0 Å². The van der Waals surface area contributed by atoms with Crippen LogP contribution >= 0.6 is 11.3 Å². The molecule has 0 radical (unpaired) electrons. The Hall–Kier alpha value is -3.39. The SMILES string of the molecule is CCOc1ccc(CC(=O)Nc2nc(-c3ccc4c(c3)N(C)C(=O)C(C)O4)cs2)cc1. The van der Waals surface area contributed by atoms with Crippen molar-refractivity contribution in [2.24, 2.45) is 0 Å².